The lowest BCUT2D eigenvalue weighted by Gasteiger charge is -2.39. The minimum atomic E-state index is 0.259. The molecule has 1 aromatic heterocycles. The Morgan fingerprint density at radius 3 is 2.54 bits per heavy atom. The van der Waals surface area contributed by atoms with E-state index in [1.807, 2.05) is 4.68 Å². The number of nitrogens with zero attached hydrogens (tertiary/aromatic N) is 6. The van der Waals surface area contributed by atoms with Crippen molar-refractivity contribution in [3.8, 4) is 0 Å². The molecule has 1 aliphatic heterocycles. The molecule has 1 atom stereocenters. The highest BCUT2D eigenvalue weighted by molar-refractivity contribution is 5.46. The number of anilines is 1. The van der Waals surface area contributed by atoms with E-state index in [2.05, 4.69) is 62.6 Å². The van der Waals surface area contributed by atoms with Gasteiger partial charge in [-0.25, -0.2) is 4.68 Å². The van der Waals surface area contributed by atoms with E-state index in [0.29, 0.717) is 13.2 Å². The van der Waals surface area contributed by atoms with Crippen LogP contribution in [0, 0.1) is 0 Å². The molecule has 3 rings (SSSR count). The molecule has 7 nitrogen and oxygen atoms in total. The maximum atomic E-state index is 5.16. The van der Waals surface area contributed by atoms with E-state index in [9.17, 15) is 0 Å². The third kappa shape index (κ3) is 3.73. The molecule has 0 amide bonds. The Bertz CT molecular complexity index is 609. The smallest absolute Gasteiger partial charge is 0.168 e. The summed E-state index contributed by atoms with van der Waals surface area (Å²) in [6, 6.07) is 10.9. The van der Waals surface area contributed by atoms with Crippen LogP contribution in [0.1, 0.15) is 25.2 Å². The number of hydrogen-bond donors (Lipinski definition) is 0. The van der Waals surface area contributed by atoms with Gasteiger partial charge in [0.25, 0.3) is 0 Å². The number of para-hydroxylation sites is 1. The van der Waals surface area contributed by atoms with Crippen LogP contribution in [0.2, 0.25) is 0 Å². The summed E-state index contributed by atoms with van der Waals surface area (Å²) < 4.78 is 7.03. The van der Waals surface area contributed by atoms with Gasteiger partial charge in [-0.2, -0.15) is 0 Å². The third-order valence-electron chi connectivity index (χ3n) is 4.63. The average molecular weight is 330 g/mol. The molecule has 130 valence electrons. The van der Waals surface area contributed by atoms with Gasteiger partial charge < -0.3 is 9.64 Å². The molecule has 0 bridgehead atoms. The van der Waals surface area contributed by atoms with Crippen molar-refractivity contribution < 1.29 is 4.74 Å². The summed E-state index contributed by atoms with van der Waals surface area (Å²) >= 11 is 0. The number of piperazine rings is 1. The quantitative estimate of drug-likeness (QED) is 0.768. The molecule has 0 aliphatic carbocycles. The zero-order valence-electron chi connectivity index (χ0n) is 14.5. The van der Waals surface area contributed by atoms with Gasteiger partial charge in [0.1, 0.15) is 0 Å². The van der Waals surface area contributed by atoms with Gasteiger partial charge in [0.2, 0.25) is 0 Å². The summed E-state index contributed by atoms with van der Waals surface area (Å²) in [6.45, 7) is 7.61. The molecule has 1 aliphatic rings. The number of ether oxygens (including phenoxy) is 1. The van der Waals surface area contributed by atoms with Crippen molar-refractivity contribution in [2.24, 2.45) is 0 Å². The van der Waals surface area contributed by atoms with Gasteiger partial charge in [-0.05, 0) is 29.0 Å². The van der Waals surface area contributed by atoms with E-state index in [1.54, 1.807) is 7.11 Å². The third-order valence-corrected chi connectivity index (χ3v) is 4.63. The fourth-order valence-corrected chi connectivity index (χ4v) is 3.32. The summed E-state index contributed by atoms with van der Waals surface area (Å²) in [5, 5.41) is 12.3. The van der Waals surface area contributed by atoms with Crippen LogP contribution in [0.15, 0.2) is 30.3 Å². The van der Waals surface area contributed by atoms with Crippen LogP contribution in [0.3, 0.4) is 0 Å². The summed E-state index contributed by atoms with van der Waals surface area (Å²) in [5.74, 6) is 0.947. The Kier molecular flexibility index (Phi) is 5.77. The Labute approximate surface area is 143 Å². The molecule has 1 fully saturated rings. The molecule has 0 saturated carbocycles. The number of benzene rings is 1. The summed E-state index contributed by atoms with van der Waals surface area (Å²) in [4.78, 5) is 4.94. The minimum absolute atomic E-state index is 0.259. The molecular weight excluding hydrogens is 304 g/mol. The summed E-state index contributed by atoms with van der Waals surface area (Å²) in [7, 11) is 1.70. The van der Waals surface area contributed by atoms with Crippen molar-refractivity contribution in [1.82, 2.24) is 25.1 Å². The molecule has 7 heteroatoms. The Morgan fingerprint density at radius 1 is 1.12 bits per heavy atom. The second-order valence-electron chi connectivity index (χ2n) is 6.04. The Hall–Kier alpha value is -1.99. The van der Waals surface area contributed by atoms with Crippen LogP contribution >= 0.6 is 0 Å². The van der Waals surface area contributed by atoms with E-state index in [0.717, 1.165) is 38.4 Å². The maximum Gasteiger partial charge on any atom is 0.168 e. The van der Waals surface area contributed by atoms with Gasteiger partial charge in [0.05, 0.1) is 19.2 Å². The number of rotatable bonds is 7. The zero-order valence-corrected chi connectivity index (χ0v) is 14.5. The highest BCUT2D eigenvalue weighted by Crippen LogP contribution is 2.25. The first kappa shape index (κ1) is 16.9. The lowest BCUT2D eigenvalue weighted by Crippen LogP contribution is -2.48. The van der Waals surface area contributed by atoms with Crippen LogP contribution in [0.25, 0.3) is 0 Å². The molecule has 1 aromatic carbocycles. The maximum absolute atomic E-state index is 5.16. The normalized spacial score (nSPS) is 17.2. The Morgan fingerprint density at radius 2 is 1.88 bits per heavy atom. The molecular formula is C17H26N6O. The number of methoxy groups -OCH3 is 1. The van der Waals surface area contributed by atoms with Crippen LogP contribution < -0.4 is 4.90 Å². The SMILES string of the molecule is CCC(c1nnnn1CCOC)N1CCN(c2ccccc2)CC1. The lowest BCUT2D eigenvalue weighted by molar-refractivity contribution is 0.157. The molecule has 0 N–H and O–H groups in total. The highest BCUT2D eigenvalue weighted by atomic mass is 16.5. The van der Waals surface area contributed by atoms with E-state index in [-0.39, 0.29) is 6.04 Å². The number of tetrazole rings is 1. The monoisotopic (exact) mass is 330 g/mol. The van der Waals surface area contributed by atoms with E-state index in [4.69, 9.17) is 4.74 Å². The van der Waals surface area contributed by atoms with Crippen LogP contribution in [-0.2, 0) is 11.3 Å². The molecule has 24 heavy (non-hydrogen) atoms. The zero-order chi connectivity index (χ0) is 16.8. The van der Waals surface area contributed by atoms with Gasteiger partial charge in [-0.1, -0.05) is 25.1 Å². The van der Waals surface area contributed by atoms with Crippen molar-refractivity contribution in [2.75, 3.05) is 44.8 Å². The molecule has 2 aromatic rings. The highest BCUT2D eigenvalue weighted by Gasteiger charge is 2.27. The second kappa shape index (κ2) is 8.21. The van der Waals surface area contributed by atoms with Crippen molar-refractivity contribution >= 4 is 5.69 Å². The van der Waals surface area contributed by atoms with E-state index >= 15 is 0 Å². The van der Waals surface area contributed by atoms with Crippen LogP contribution in [0.5, 0.6) is 0 Å². The molecule has 0 radical (unpaired) electrons. The lowest BCUT2D eigenvalue weighted by atomic mass is 10.1. The second-order valence-corrected chi connectivity index (χ2v) is 6.04. The molecule has 1 saturated heterocycles. The first-order valence-corrected chi connectivity index (χ1v) is 8.62. The molecule has 2 heterocycles. The fraction of sp³-hybridized carbons (Fsp3) is 0.588. The first-order chi connectivity index (χ1) is 11.8. The Balaban J connectivity index is 1.65. The van der Waals surface area contributed by atoms with Gasteiger partial charge in [0.15, 0.2) is 5.82 Å². The number of aromatic nitrogens is 4. The van der Waals surface area contributed by atoms with E-state index < -0.39 is 0 Å². The van der Waals surface area contributed by atoms with Gasteiger partial charge in [-0.15, -0.1) is 5.10 Å². The topological polar surface area (TPSA) is 59.3 Å². The molecule has 1 unspecified atom stereocenters. The van der Waals surface area contributed by atoms with Gasteiger partial charge in [0, 0.05) is 39.0 Å². The van der Waals surface area contributed by atoms with Crippen molar-refractivity contribution in [3.05, 3.63) is 36.2 Å². The van der Waals surface area contributed by atoms with Crippen molar-refractivity contribution in [2.45, 2.75) is 25.9 Å². The largest absolute Gasteiger partial charge is 0.383 e. The van der Waals surface area contributed by atoms with Crippen molar-refractivity contribution in [3.63, 3.8) is 0 Å². The predicted molar refractivity (Wildman–Crippen MR) is 93.0 cm³/mol. The number of hydrogen-bond acceptors (Lipinski definition) is 6. The average Bonchev–Trinajstić information content (AvgIpc) is 3.10. The van der Waals surface area contributed by atoms with Gasteiger partial charge in [-0.3, -0.25) is 4.90 Å². The van der Waals surface area contributed by atoms with Gasteiger partial charge >= 0.3 is 0 Å². The van der Waals surface area contributed by atoms with Crippen LogP contribution in [-0.4, -0.2) is 65.0 Å². The van der Waals surface area contributed by atoms with Crippen molar-refractivity contribution in [1.29, 1.82) is 0 Å². The van der Waals surface area contributed by atoms with Crippen LogP contribution in [0.4, 0.5) is 5.69 Å². The molecule has 0 spiro atoms. The van der Waals surface area contributed by atoms with E-state index in [1.165, 1.54) is 5.69 Å². The predicted octanol–water partition coefficient (Wildman–Crippen LogP) is 1.59. The summed E-state index contributed by atoms with van der Waals surface area (Å²) in [5.41, 5.74) is 1.30. The fourth-order valence-electron chi connectivity index (χ4n) is 3.32. The minimum Gasteiger partial charge on any atom is -0.383 e. The first-order valence-electron chi connectivity index (χ1n) is 8.62. The standard InChI is InChI=1S/C17H26N6O/c1-3-16(17-18-19-20-23(17)13-14-24-2)22-11-9-21(10-12-22)15-7-5-4-6-8-15/h4-8,16H,3,9-14H2,1-2H3. The summed E-state index contributed by atoms with van der Waals surface area (Å²) in [6.07, 6.45) is 0.999.